The van der Waals surface area contributed by atoms with E-state index in [4.69, 9.17) is 21.1 Å². The molecular weight excluding hydrogens is 497 g/mol. The van der Waals surface area contributed by atoms with Crippen molar-refractivity contribution in [1.29, 1.82) is 0 Å². The van der Waals surface area contributed by atoms with Crippen LogP contribution in [0.2, 0.25) is 5.02 Å². The van der Waals surface area contributed by atoms with Gasteiger partial charge in [0.2, 0.25) is 10.0 Å². The number of sulfonamides is 1. The number of benzene rings is 1. The molecule has 1 saturated carbocycles. The molecule has 0 bridgehead atoms. The zero-order valence-corrected chi connectivity index (χ0v) is 21.9. The summed E-state index contributed by atoms with van der Waals surface area (Å²) >= 11 is 6.18. The third-order valence-electron chi connectivity index (χ3n) is 6.91. The first-order valence-electron chi connectivity index (χ1n) is 12.0. The Balaban J connectivity index is 1.83. The average Bonchev–Trinajstić information content (AvgIpc) is 2.80. The van der Waals surface area contributed by atoms with E-state index < -0.39 is 34.0 Å². The van der Waals surface area contributed by atoms with Crippen LogP contribution in [0.3, 0.4) is 0 Å². The van der Waals surface area contributed by atoms with Crippen LogP contribution >= 0.6 is 11.6 Å². The third kappa shape index (κ3) is 6.55. The molecule has 35 heavy (non-hydrogen) atoms. The topological polar surface area (TPSA) is 90.0 Å². The fraction of sp³-hybridized carbons (Fsp3) is 0.600. The number of carbonyl (C=O) groups excluding carboxylic acids is 2. The zero-order valence-electron chi connectivity index (χ0n) is 20.3. The molecule has 0 N–H and O–H groups in total. The molecule has 1 unspecified atom stereocenters. The minimum atomic E-state index is -4.24. The van der Waals surface area contributed by atoms with Gasteiger partial charge in [-0.3, -0.25) is 4.79 Å². The molecule has 1 fully saturated rings. The van der Waals surface area contributed by atoms with Gasteiger partial charge in [0, 0.05) is 5.57 Å². The predicted octanol–water partition coefficient (Wildman–Crippen LogP) is 5.86. The van der Waals surface area contributed by atoms with E-state index in [-0.39, 0.29) is 34.7 Å². The van der Waals surface area contributed by atoms with Crippen molar-refractivity contribution < 1.29 is 31.9 Å². The first-order chi connectivity index (χ1) is 16.5. The molecule has 0 spiro atoms. The van der Waals surface area contributed by atoms with Gasteiger partial charge in [0.15, 0.2) is 6.73 Å². The second kappa shape index (κ2) is 11.7. The number of allylic oxidation sites excluding steroid dienone is 1. The van der Waals surface area contributed by atoms with Gasteiger partial charge in [-0.1, -0.05) is 44.9 Å². The van der Waals surface area contributed by atoms with Gasteiger partial charge in [0.25, 0.3) is 0 Å². The third-order valence-corrected chi connectivity index (χ3v) is 9.36. The number of aldehydes is 1. The fourth-order valence-electron chi connectivity index (χ4n) is 4.95. The SMILES string of the molecule is CC(C)[C@@H]1CC[C@@H](C)C[C@H]1OC(=O)OCN(c1ccc(F)cc1Cl)S(=O)(=O)C1CCCC=C1C=O. The summed E-state index contributed by atoms with van der Waals surface area (Å²) < 4.78 is 52.6. The fourth-order valence-corrected chi connectivity index (χ4v) is 7.17. The average molecular weight is 530 g/mol. The van der Waals surface area contributed by atoms with Gasteiger partial charge in [-0.15, -0.1) is 0 Å². The van der Waals surface area contributed by atoms with Crippen molar-refractivity contribution in [2.45, 2.75) is 70.7 Å². The summed E-state index contributed by atoms with van der Waals surface area (Å²) in [6.45, 7) is 5.54. The predicted molar refractivity (Wildman–Crippen MR) is 132 cm³/mol. The Morgan fingerprint density at radius 1 is 1.29 bits per heavy atom. The van der Waals surface area contributed by atoms with E-state index in [0.29, 0.717) is 37.4 Å². The van der Waals surface area contributed by atoms with Gasteiger partial charge >= 0.3 is 6.16 Å². The molecule has 1 aromatic rings. The minimum absolute atomic E-state index is 0.0527. The summed E-state index contributed by atoms with van der Waals surface area (Å²) in [5.41, 5.74) is 0.0843. The van der Waals surface area contributed by atoms with E-state index in [1.807, 2.05) is 0 Å². The van der Waals surface area contributed by atoms with Crippen molar-refractivity contribution in [3.05, 3.63) is 40.7 Å². The molecule has 194 valence electrons. The van der Waals surface area contributed by atoms with Gasteiger partial charge < -0.3 is 9.47 Å². The van der Waals surface area contributed by atoms with E-state index in [9.17, 15) is 22.4 Å². The summed E-state index contributed by atoms with van der Waals surface area (Å²) in [5.74, 6) is 0.258. The largest absolute Gasteiger partial charge is 0.510 e. The first kappa shape index (κ1) is 27.5. The summed E-state index contributed by atoms with van der Waals surface area (Å²) in [7, 11) is -4.24. The second-order valence-corrected chi connectivity index (χ2v) is 12.2. The summed E-state index contributed by atoms with van der Waals surface area (Å²) in [5, 5.41) is -1.29. The quantitative estimate of drug-likeness (QED) is 0.238. The number of nitrogens with zero attached hydrogens (tertiary/aromatic N) is 1. The highest BCUT2D eigenvalue weighted by molar-refractivity contribution is 7.93. The molecule has 0 saturated heterocycles. The molecule has 10 heteroatoms. The Labute approximate surface area is 211 Å². The van der Waals surface area contributed by atoms with E-state index in [1.165, 1.54) is 6.07 Å². The Kier molecular flexibility index (Phi) is 9.21. The Morgan fingerprint density at radius 2 is 2.03 bits per heavy atom. The number of hydrogen-bond acceptors (Lipinski definition) is 6. The maximum absolute atomic E-state index is 13.7. The molecule has 0 aliphatic heterocycles. The van der Waals surface area contributed by atoms with Gasteiger partial charge in [-0.25, -0.2) is 21.9 Å². The molecule has 0 heterocycles. The monoisotopic (exact) mass is 529 g/mol. The smallest absolute Gasteiger partial charge is 0.431 e. The van der Waals surface area contributed by atoms with Crippen LogP contribution in [-0.4, -0.2) is 38.9 Å². The van der Waals surface area contributed by atoms with Crippen LogP contribution in [0.15, 0.2) is 29.8 Å². The van der Waals surface area contributed by atoms with Crippen molar-refractivity contribution in [2.75, 3.05) is 11.0 Å². The molecule has 3 rings (SSSR count). The summed E-state index contributed by atoms with van der Waals surface area (Å²) in [6, 6.07) is 3.25. The van der Waals surface area contributed by atoms with Gasteiger partial charge in [-0.05, 0) is 68.1 Å². The summed E-state index contributed by atoms with van der Waals surface area (Å²) in [6.07, 6.45) is 4.90. The van der Waals surface area contributed by atoms with Crippen molar-refractivity contribution in [3.8, 4) is 0 Å². The molecule has 0 amide bonds. The van der Waals surface area contributed by atoms with Crippen LogP contribution in [0, 0.1) is 23.6 Å². The van der Waals surface area contributed by atoms with Crippen molar-refractivity contribution in [3.63, 3.8) is 0 Å². The zero-order chi connectivity index (χ0) is 25.8. The van der Waals surface area contributed by atoms with Crippen molar-refractivity contribution in [1.82, 2.24) is 0 Å². The van der Waals surface area contributed by atoms with Crippen molar-refractivity contribution >= 4 is 39.8 Å². The van der Waals surface area contributed by atoms with Crippen LogP contribution in [0.1, 0.15) is 59.3 Å². The number of ether oxygens (including phenoxy) is 2. The molecule has 1 aromatic carbocycles. The van der Waals surface area contributed by atoms with Gasteiger partial charge in [0.1, 0.15) is 23.5 Å². The van der Waals surface area contributed by atoms with Crippen LogP contribution in [-0.2, 0) is 24.3 Å². The first-order valence-corrected chi connectivity index (χ1v) is 13.9. The normalized spacial score (nSPS) is 25.0. The van der Waals surface area contributed by atoms with E-state index in [1.54, 1.807) is 6.08 Å². The lowest BCUT2D eigenvalue weighted by Gasteiger charge is -2.36. The molecule has 7 nitrogen and oxygen atoms in total. The molecule has 0 aromatic heterocycles. The van der Waals surface area contributed by atoms with Crippen LogP contribution in [0.5, 0.6) is 0 Å². The molecular formula is C25H33ClFNO6S. The highest BCUT2D eigenvalue weighted by Gasteiger charge is 2.38. The van der Waals surface area contributed by atoms with Gasteiger partial charge in [0.05, 0.1) is 10.7 Å². The number of rotatable bonds is 8. The highest BCUT2D eigenvalue weighted by Crippen LogP contribution is 2.36. The maximum Gasteiger partial charge on any atom is 0.510 e. The lowest BCUT2D eigenvalue weighted by molar-refractivity contribution is -0.105. The van der Waals surface area contributed by atoms with E-state index in [0.717, 1.165) is 29.3 Å². The second-order valence-electron chi connectivity index (χ2n) is 9.74. The maximum atomic E-state index is 13.7. The minimum Gasteiger partial charge on any atom is -0.431 e. The van der Waals surface area contributed by atoms with Crippen molar-refractivity contribution in [2.24, 2.45) is 17.8 Å². The molecule has 2 aliphatic rings. The number of anilines is 1. The Hall–Kier alpha value is -2.13. The molecule has 4 atom stereocenters. The Bertz CT molecular complexity index is 1060. The molecule has 0 radical (unpaired) electrons. The number of carbonyl (C=O) groups is 2. The lowest BCUT2D eigenvalue weighted by atomic mass is 9.75. The Morgan fingerprint density at radius 3 is 2.69 bits per heavy atom. The van der Waals surface area contributed by atoms with Gasteiger partial charge in [-0.2, -0.15) is 0 Å². The van der Waals surface area contributed by atoms with Crippen LogP contribution in [0.4, 0.5) is 14.9 Å². The highest BCUT2D eigenvalue weighted by atomic mass is 35.5. The number of hydrogen-bond donors (Lipinski definition) is 0. The molecule has 2 aliphatic carbocycles. The van der Waals surface area contributed by atoms with Crippen LogP contribution in [0.25, 0.3) is 0 Å². The standard InChI is InChI=1S/C25H33ClFNO6S/c1-16(2)20-10-8-17(3)12-23(20)34-25(30)33-15-28(22-11-9-19(27)13-21(22)26)35(31,32)24-7-5-4-6-18(24)14-29/h6,9,11,13-14,16-17,20,23-24H,4-5,7-8,10,12,15H2,1-3H3/t17-,20+,23-,24?/m1/s1. The van der Waals surface area contributed by atoms with Crippen LogP contribution < -0.4 is 4.31 Å². The van der Waals surface area contributed by atoms with E-state index in [2.05, 4.69) is 20.8 Å². The summed E-state index contributed by atoms with van der Waals surface area (Å²) in [4.78, 5) is 24.2. The lowest BCUT2D eigenvalue weighted by Crippen LogP contribution is -2.43. The van der Waals surface area contributed by atoms with E-state index >= 15 is 0 Å². The number of halogens is 2.